The fourth-order valence-corrected chi connectivity index (χ4v) is 4.78. The Labute approximate surface area is 225 Å². The first kappa shape index (κ1) is 25.2. The van der Waals surface area contributed by atoms with Crippen molar-refractivity contribution in [2.45, 2.75) is 29.6 Å². The van der Waals surface area contributed by atoms with Gasteiger partial charge < -0.3 is 9.25 Å². The van der Waals surface area contributed by atoms with Crippen LogP contribution in [0.4, 0.5) is 0 Å². The molecular weight excluding hydrogens is 494 g/mol. The van der Waals surface area contributed by atoms with Crippen LogP contribution in [0.3, 0.4) is 0 Å². The molecule has 188 valence electrons. The van der Waals surface area contributed by atoms with Crippen LogP contribution >= 0.6 is 11.8 Å². The zero-order valence-corrected chi connectivity index (χ0v) is 21.6. The number of furan rings is 1. The molecule has 5 aromatic rings. The van der Waals surface area contributed by atoms with Crippen LogP contribution in [-0.4, -0.2) is 17.5 Å². The Bertz CT molecular complexity index is 1550. The van der Waals surface area contributed by atoms with E-state index >= 15 is 0 Å². The van der Waals surface area contributed by atoms with Crippen LogP contribution < -0.4 is 0 Å². The number of fused-ring (bicyclic) bond motifs is 1. The highest BCUT2D eigenvalue weighted by molar-refractivity contribution is 7.99. The van der Waals surface area contributed by atoms with Gasteiger partial charge in [0.15, 0.2) is 5.76 Å². The van der Waals surface area contributed by atoms with E-state index in [1.54, 1.807) is 42.1 Å². The highest BCUT2D eigenvalue weighted by Crippen LogP contribution is 2.29. The van der Waals surface area contributed by atoms with Gasteiger partial charge in [-0.15, -0.1) is 0 Å². The Morgan fingerprint density at radius 3 is 2.05 bits per heavy atom. The van der Waals surface area contributed by atoms with Crippen molar-refractivity contribution in [3.05, 3.63) is 132 Å². The third-order valence-corrected chi connectivity index (χ3v) is 6.94. The van der Waals surface area contributed by atoms with E-state index < -0.39 is 5.97 Å². The average molecular weight is 520 g/mol. The number of hydrogen-bond donors (Lipinski definition) is 0. The van der Waals surface area contributed by atoms with Crippen molar-refractivity contribution < 1.29 is 18.8 Å². The van der Waals surface area contributed by atoms with Crippen molar-refractivity contribution in [2.24, 2.45) is 5.16 Å². The Kier molecular flexibility index (Phi) is 7.81. The lowest BCUT2D eigenvalue weighted by Gasteiger charge is -2.07. The number of rotatable bonds is 9. The lowest BCUT2D eigenvalue weighted by atomic mass is 10.1. The van der Waals surface area contributed by atoms with E-state index in [-0.39, 0.29) is 5.78 Å². The Hall–Kier alpha value is -4.42. The largest absolute Gasteiger partial charge is 0.453 e. The van der Waals surface area contributed by atoms with Crippen molar-refractivity contribution in [1.82, 2.24) is 0 Å². The van der Waals surface area contributed by atoms with E-state index in [9.17, 15) is 9.59 Å². The first-order chi connectivity index (χ1) is 18.6. The smallest absolute Gasteiger partial charge is 0.365 e. The van der Waals surface area contributed by atoms with Gasteiger partial charge in [-0.05, 0) is 72.6 Å². The minimum atomic E-state index is -0.478. The van der Waals surface area contributed by atoms with E-state index in [2.05, 4.69) is 12.1 Å². The second-order valence-corrected chi connectivity index (χ2v) is 9.81. The molecule has 6 heteroatoms. The van der Waals surface area contributed by atoms with Gasteiger partial charge in [-0.3, -0.25) is 4.79 Å². The molecule has 0 saturated carbocycles. The van der Waals surface area contributed by atoms with Gasteiger partial charge in [0.05, 0.1) is 11.3 Å². The van der Waals surface area contributed by atoms with Crippen molar-refractivity contribution >= 4 is 40.2 Å². The van der Waals surface area contributed by atoms with Gasteiger partial charge in [0.2, 0.25) is 5.78 Å². The molecule has 0 aliphatic rings. The van der Waals surface area contributed by atoms with Crippen molar-refractivity contribution in [2.75, 3.05) is 0 Å². The van der Waals surface area contributed by atoms with Gasteiger partial charge in [0.25, 0.3) is 0 Å². The number of benzene rings is 4. The summed E-state index contributed by atoms with van der Waals surface area (Å²) in [5, 5.41) is 5.07. The zero-order valence-electron chi connectivity index (χ0n) is 20.8. The predicted molar refractivity (Wildman–Crippen MR) is 150 cm³/mol. The van der Waals surface area contributed by atoms with Crippen molar-refractivity contribution in [1.29, 1.82) is 0 Å². The summed E-state index contributed by atoms with van der Waals surface area (Å²) in [5.41, 5.74) is 3.37. The topological polar surface area (TPSA) is 68.9 Å². The van der Waals surface area contributed by atoms with Crippen LogP contribution in [0.1, 0.15) is 51.8 Å². The number of oxime groups is 1. The first-order valence-corrected chi connectivity index (χ1v) is 13.2. The maximum absolute atomic E-state index is 12.9. The number of carbonyl (C=O) groups is 2. The van der Waals surface area contributed by atoms with Gasteiger partial charge >= 0.3 is 5.97 Å². The zero-order chi connectivity index (χ0) is 26.3. The minimum absolute atomic E-state index is 0.141. The molecule has 0 radical (unpaired) electrons. The Morgan fingerprint density at radius 1 is 0.763 bits per heavy atom. The second-order valence-electron chi connectivity index (χ2n) is 8.66. The molecule has 5 nitrogen and oxygen atoms in total. The molecule has 0 fully saturated rings. The molecule has 0 unspecified atom stereocenters. The Morgan fingerprint density at radius 2 is 1.39 bits per heavy atom. The van der Waals surface area contributed by atoms with Crippen LogP contribution in [0.5, 0.6) is 0 Å². The fourth-order valence-electron chi connectivity index (χ4n) is 3.96. The lowest BCUT2D eigenvalue weighted by molar-refractivity contribution is 0.0515. The van der Waals surface area contributed by atoms with Crippen LogP contribution in [0, 0.1) is 0 Å². The fraction of sp³-hybridized carbons (Fsp3) is 0.0938. The average Bonchev–Trinajstić information content (AvgIpc) is 3.41. The van der Waals surface area contributed by atoms with Gasteiger partial charge in [-0.2, -0.15) is 0 Å². The van der Waals surface area contributed by atoms with Gasteiger partial charge in [-0.25, -0.2) is 4.79 Å². The maximum atomic E-state index is 12.9. The molecule has 4 aromatic carbocycles. The van der Waals surface area contributed by atoms with Crippen LogP contribution in [0.2, 0.25) is 0 Å². The SMILES string of the molecule is CCCC(=NOC(=O)c1ccccc1)c1ccc(Sc2ccc(C(=O)c3cc4ccccc4o3)cc2)cc1. The molecule has 0 N–H and O–H groups in total. The summed E-state index contributed by atoms with van der Waals surface area (Å²) in [5.74, 6) is -0.285. The molecule has 0 saturated heterocycles. The van der Waals surface area contributed by atoms with Gasteiger partial charge in [0.1, 0.15) is 5.58 Å². The van der Waals surface area contributed by atoms with Crippen molar-refractivity contribution in [3.8, 4) is 0 Å². The van der Waals surface area contributed by atoms with Crippen LogP contribution in [0.15, 0.2) is 129 Å². The van der Waals surface area contributed by atoms with Gasteiger partial charge in [-0.1, -0.05) is 78.8 Å². The second kappa shape index (κ2) is 11.8. The molecular formula is C32H25NO4S. The minimum Gasteiger partial charge on any atom is -0.453 e. The summed E-state index contributed by atoms with van der Waals surface area (Å²) in [4.78, 5) is 32.4. The monoisotopic (exact) mass is 519 g/mol. The van der Waals surface area contributed by atoms with E-state index in [0.717, 1.165) is 32.9 Å². The van der Waals surface area contributed by atoms with Gasteiger partial charge in [0, 0.05) is 20.7 Å². The third-order valence-electron chi connectivity index (χ3n) is 5.92. The highest BCUT2D eigenvalue weighted by Gasteiger charge is 2.15. The first-order valence-electron chi connectivity index (χ1n) is 12.4. The normalized spacial score (nSPS) is 11.4. The number of carbonyl (C=O) groups excluding carboxylic acids is 2. The van der Waals surface area contributed by atoms with E-state index in [0.29, 0.717) is 28.9 Å². The summed E-state index contributed by atoms with van der Waals surface area (Å²) >= 11 is 1.60. The standard InChI is InChI=1S/C32H25NO4S/c1-2-8-28(33-37-32(35)24-9-4-3-5-10-24)22-13-17-26(18-14-22)38-27-19-15-23(16-20-27)31(34)30-21-25-11-6-7-12-29(25)36-30/h3-7,9-21H,2,8H2,1H3. The molecule has 0 spiro atoms. The Balaban J connectivity index is 1.24. The molecule has 5 rings (SSSR count). The van der Waals surface area contributed by atoms with Crippen molar-refractivity contribution in [3.63, 3.8) is 0 Å². The summed E-state index contributed by atoms with van der Waals surface area (Å²) in [6.07, 6.45) is 1.56. The van der Waals surface area contributed by atoms with E-state index in [1.807, 2.05) is 78.9 Å². The summed E-state index contributed by atoms with van der Waals surface area (Å²) in [7, 11) is 0. The summed E-state index contributed by atoms with van der Waals surface area (Å²) in [6.45, 7) is 2.06. The number of para-hydroxylation sites is 1. The number of nitrogens with zero attached hydrogens (tertiary/aromatic N) is 1. The molecule has 0 aliphatic heterocycles. The number of ketones is 1. The lowest BCUT2D eigenvalue weighted by Crippen LogP contribution is -2.06. The molecule has 1 heterocycles. The quantitative estimate of drug-likeness (QED) is 0.0850. The van der Waals surface area contributed by atoms with Crippen LogP contribution in [-0.2, 0) is 4.84 Å². The van der Waals surface area contributed by atoms with E-state index in [1.165, 1.54) is 0 Å². The molecule has 0 atom stereocenters. The molecule has 0 bridgehead atoms. The molecule has 0 aliphatic carbocycles. The predicted octanol–water partition coefficient (Wildman–Crippen LogP) is 8.18. The van der Waals surface area contributed by atoms with E-state index in [4.69, 9.17) is 9.25 Å². The highest BCUT2D eigenvalue weighted by atomic mass is 32.2. The summed E-state index contributed by atoms with van der Waals surface area (Å²) in [6, 6.07) is 33.7. The molecule has 0 amide bonds. The molecule has 38 heavy (non-hydrogen) atoms. The molecule has 1 aromatic heterocycles. The van der Waals surface area contributed by atoms with Crippen LogP contribution in [0.25, 0.3) is 11.0 Å². The number of hydrogen-bond acceptors (Lipinski definition) is 6. The maximum Gasteiger partial charge on any atom is 0.365 e. The third kappa shape index (κ3) is 5.93. The summed E-state index contributed by atoms with van der Waals surface area (Å²) < 4.78 is 5.72.